The van der Waals surface area contributed by atoms with E-state index in [0.717, 1.165) is 107 Å². The summed E-state index contributed by atoms with van der Waals surface area (Å²) >= 11 is 0. The van der Waals surface area contributed by atoms with E-state index in [0.29, 0.717) is 0 Å². The highest BCUT2D eigenvalue weighted by atomic mass is 14.8. The zero-order valence-electron chi connectivity index (χ0n) is 36.1. The van der Waals surface area contributed by atoms with Crippen LogP contribution in [0.4, 0.5) is 0 Å². The smallest absolute Gasteiger partial charge is 0.0900 e. The van der Waals surface area contributed by atoms with Gasteiger partial charge in [-0.3, -0.25) is 9.97 Å². The predicted molar refractivity (Wildman–Crippen MR) is 266 cm³/mol. The maximum absolute atomic E-state index is 5.16. The first-order valence-electron chi connectivity index (χ1n) is 21.6. The normalized spacial score (nSPS) is 11.7. The van der Waals surface area contributed by atoms with E-state index in [1.807, 2.05) is 36.4 Å². The van der Waals surface area contributed by atoms with Gasteiger partial charge in [-0.1, -0.05) is 65.9 Å². The molecule has 0 unspecified atom stereocenters. The maximum Gasteiger partial charge on any atom is 0.0900 e. The number of aromatic nitrogens is 7. The van der Waals surface area contributed by atoms with Crippen molar-refractivity contribution in [3.63, 3.8) is 0 Å². The highest BCUT2D eigenvalue weighted by Crippen LogP contribution is 2.37. The first-order chi connectivity index (χ1) is 31.9. The lowest BCUT2D eigenvalue weighted by molar-refractivity contribution is 1.22. The summed E-state index contributed by atoms with van der Waals surface area (Å²) in [4.78, 5) is 31.7. The molecule has 65 heavy (non-hydrogen) atoms. The van der Waals surface area contributed by atoms with Crippen LogP contribution in [-0.4, -0.2) is 34.9 Å². The van der Waals surface area contributed by atoms with Crippen molar-refractivity contribution in [3.05, 3.63) is 209 Å². The molecule has 0 radical (unpaired) electrons. The second-order valence-corrected chi connectivity index (χ2v) is 16.4. The minimum absolute atomic E-state index is 0.792. The van der Waals surface area contributed by atoms with Gasteiger partial charge in [-0.15, -0.1) is 0 Å². The monoisotopic (exact) mass is 835 g/mol. The molecule has 0 saturated carbocycles. The Morgan fingerprint density at radius 1 is 0.400 bits per heavy atom. The molecule has 11 rings (SSSR count). The Bertz CT molecular complexity index is 3430. The summed E-state index contributed by atoms with van der Waals surface area (Å²) in [5.41, 5.74) is 22.6. The van der Waals surface area contributed by atoms with Crippen LogP contribution in [0.1, 0.15) is 50.6 Å². The van der Waals surface area contributed by atoms with E-state index in [1.165, 1.54) is 22.3 Å². The Labute approximate surface area is 377 Å². The molecule has 6 aromatic heterocycles. The average molecular weight is 836 g/mol. The Hall–Kier alpha value is -8.73. The molecule has 2 N–H and O–H groups in total. The summed E-state index contributed by atoms with van der Waals surface area (Å²) in [6.07, 6.45) is 12.0. The number of hydrogen-bond donors (Lipinski definition) is 2. The number of rotatable bonds is 5. The molecule has 0 saturated heterocycles. The van der Waals surface area contributed by atoms with E-state index >= 15 is 0 Å². The summed E-state index contributed by atoms with van der Waals surface area (Å²) in [6, 6.07) is 49.8. The molecule has 8 heterocycles. The zero-order chi connectivity index (χ0) is 43.9. The molecule has 3 aromatic carbocycles. The fourth-order valence-corrected chi connectivity index (χ4v) is 8.81. The quantitative estimate of drug-likeness (QED) is 0.168. The van der Waals surface area contributed by atoms with Gasteiger partial charge in [0, 0.05) is 56.7 Å². The van der Waals surface area contributed by atoms with Gasteiger partial charge in [-0.2, -0.15) is 0 Å². The van der Waals surface area contributed by atoms with E-state index in [9.17, 15) is 0 Å². The van der Waals surface area contributed by atoms with Crippen LogP contribution in [0.2, 0.25) is 0 Å². The largest absolute Gasteiger partial charge is 0.355 e. The van der Waals surface area contributed by atoms with Gasteiger partial charge in [-0.25, -0.2) is 15.0 Å². The number of H-pyrrole nitrogens is 2. The summed E-state index contributed by atoms with van der Waals surface area (Å²) in [7, 11) is 0. The maximum atomic E-state index is 5.16. The van der Waals surface area contributed by atoms with Gasteiger partial charge >= 0.3 is 0 Å². The first kappa shape index (κ1) is 39.1. The number of nitrogens with one attached hydrogen (secondary N) is 2. The highest BCUT2D eigenvalue weighted by Gasteiger charge is 2.18. The third-order valence-corrected chi connectivity index (χ3v) is 11.7. The van der Waals surface area contributed by atoms with Crippen LogP contribution in [-0.2, 0) is 0 Å². The number of pyridine rings is 3. The van der Waals surface area contributed by atoms with Crippen LogP contribution in [0.25, 0.3) is 103 Å². The lowest BCUT2D eigenvalue weighted by Gasteiger charge is -2.13. The van der Waals surface area contributed by atoms with Gasteiger partial charge in [0.2, 0.25) is 0 Å². The highest BCUT2D eigenvalue weighted by molar-refractivity contribution is 5.95. The lowest BCUT2D eigenvalue weighted by Crippen LogP contribution is -1.95. The first-order valence-corrected chi connectivity index (χ1v) is 21.6. The zero-order valence-corrected chi connectivity index (χ0v) is 36.1. The number of aromatic amines is 2. The Balaban J connectivity index is 0.929. The van der Waals surface area contributed by atoms with E-state index in [1.54, 1.807) is 12.4 Å². The number of fused-ring (bicyclic) bond motifs is 8. The Kier molecular flexibility index (Phi) is 9.95. The summed E-state index contributed by atoms with van der Waals surface area (Å²) < 4.78 is 0. The van der Waals surface area contributed by atoms with Crippen molar-refractivity contribution in [1.29, 1.82) is 0 Å². The van der Waals surface area contributed by atoms with Crippen LogP contribution in [0.5, 0.6) is 0 Å². The van der Waals surface area contributed by atoms with Crippen molar-refractivity contribution in [2.75, 3.05) is 0 Å². The van der Waals surface area contributed by atoms with Crippen molar-refractivity contribution in [1.82, 2.24) is 34.9 Å². The van der Waals surface area contributed by atoms with E-state index < -0.39 is 0 Å². The minimum atomic E-state index is 0.792. The number of benzene rings is 3. The Morgan fingerprint density at radius 2 is 0.908 bits per heavy atom. The van der Waals surface area contributed by atoms with Gasteiger partial charge in [0.25, 0.3) is 0 Å². The third kappa shape index (κ3) is 7.97. The predicted octanol–water partition coefficient (Wildman–Crippen LogP) is 13.5. The number of aryl methyl sites for hydroxylation is 3. The summed E-state index contributed by atoms with van der Waals surface area (Å²) in [6.45, 7) is 6.49. The molecule has 7 nitrogen and oxygen atoms in total. The molecule has 2 aliphatic heterocycles. The molecule has 8 bridgehead atoms. The number of nitrogens with zero attached hydrogens (tertiary/aromatic N) is 5. The second kappa shape index (κ2) is 16.5. The van der Waals surface area contributed by atoms with Crippen LogP contribution in [0.3, 0.4) is 0 Å². The van der Waals surface area contributed by atoms with Crippen LogP contribution in [0, 0.1) is 32.6 Å². The van der Waals surface area contributed by atoms with Gasteiger partial charge in [-0.05, 0) is 176 Å². The molecule has 0 fully saturated rings. The van der Waals surface area contributed by atoms with Crippen LogP contribution < -0.4 is 0 Å². The van der Waals surface area contributed by atoms with Crippen molar-refractivity contribution < 1.29 is 0 Å². The topological polar surface area (TPSA) is 96.0 Å². The number of hydrogen-bond acceptors (Lipinski definition) is 5. The van der Waals surface area contributed by atoms with Crippen molar-refractivity contribution in [2.24, 2.45) is 0 Å². The van der Waals surface area contributed by atoms with E-state index in [-0.39, 0.29) is 0 Å². The van der Waals surface area contributed by atoms with Gasteiger partial charge in [0.1, 0.15) is 0 Å². The minimum Gasteiger partial charge on any atom is -0.355 e. The van der Waals surface area contributed by atoms with Gasteiger partial charge < -0.3 is 9.97 Å². The average Bonchev–Trinajstić information content (AvgIpc) is 4.18. The second-order valence-electron chi connectivity index (χ2n) is 16.4. The third-order valence-electron chi connectivity index (χ3n) is 11.7. The standard InChI is InChI=1S/C58H41N7/c1-36-30-37(2)56(38(3)31-36)58-52-26-22-46(63-52)34-44-20-24-50(61-44)57(51-25-21-45(62-51)35-47-23-27-53(58)64-47)42-18-14-40(15-19-42)11-10-39-12-16-41(17-13-39)43-32-54(48-8-4-6-28-59-48)65-55(33-43)49-9-5-7-29-60-49/h4-9,12-35,61-62H,1-3H3. The van der Waals surface area contributed by atoms with Crippen molar-refractivity contribution in [3.8, 4) is 68.0 Å². The molecule has 2 aliphatic rings. The van der Waals surface area contributed by atoms with Crippen molar-refractivity contribution >= 4 is 46.4 Å². The van der Waals surface area contributed by atoms with E-state index in [4.69, 9.17) is 15.0 Å². The SMILES string of the molecule is Cc1cc(C)c(-c2c3nc(cc4ccc([nH]4)c(-c4ccc(C#Cc5ccc(-c6cc(-c7ccccn7)nc(-c7ccccn7)c6)cc5)cc4)c4ccc(cc5nc2C=C5)[nH]4)C=C3)c(C)c1. The Morgan fingerprint density at radius 3 is 1.40 bits per heavy atom. The van der Waals surface area contributed by atoms with Crippen LogP contribution in [0.15, 0.2) is 158 Å². The molecule has 0 aliphatic carbocycles. The van der Waals surface area contributed by atoms with Gasteiger partial charge in [0.05, 0.1) is 45.6 Å². The molecule has 0 amide bonds. The fraction of sp³-hybridized carbons (Fsp3) is 0.0517. The molecule has 0 spiro atoms. The molecule has 9 aromatic rings. The molecule has 0 atom stereocenters. The molecule has 7 heteroatoms. The fourth-order valence-electron chi connectivity index (χ4n) is 8.81. The molecule has 308 valence electrons. The van der Waals surface area contributed by atoms with Crippen LogP contribution >= 0.6 is 0 Å². The van der Waals surface area contributed by atoms with E-state index in [2.05, 4.69) is 186 Å². The van der Waals surface area contributed by atoms with Crippen molar-refractivity contribution in [2.45, 2.75) is 20.8 Å². The lowest BCUT2D eigenvalue weighted by atomic mass is 9.92. The summed E-state index contributed by atoms with van der Waals surface area (Å²) in [5.74, 6) is 6.77. The summed E-state index contributed by atoms with van der Waals surface area (Å²) in [5, 5.41) is 0. The van der Waals surface area contributed by atoms with Gasteiger partial charge in [0.15, 0.2) is 0 Å². The molecular weight excluding hydrogens is 795 g/mol. The molecular formula is C58H41N7.